The predicted molar refractivity (Wildman–Crippen MR) is 67.5 cm³/mol. The van der Waals surface area contributed by atoms with Crippen LogP contribution < -0.4 is 5.32 Å². The van der Waals surface area contributed by atoms with Crippen molar-refractivity contribution < 1.29 is 13.2 Å². The summed E-state index contributed by atoms with van der Waals surface area (Å²) in [6.07, 6.45) is -1.76. The van der Waals surface area contributed by atoms with Gasteiger partial charge >= 0.3 is 6.18 Å². The average molecular weight is 266 g/mol. The van der Waals surface area contributed by atoms with E-state index in [2.05, 4.69) is 17.1 Å². The van der Waals surface area contributed by atoms with E-state index in [0.717, 1.165) is 13.0 Å². The molecule has 5 heteroatoms. The van der Waals surface area contributed by atoms with Gasteiger partial charge in [-0.3, -0.25) is 0 Å². The van der Waals surface area contributed by atoms with Crippen LogP contribution in [0.1, 0.15) is 32.6 Å². The standard InChI is InChI=1S/C13H25F3N2/c1-10(9-18(2)3)17-8-11-5-4-6-12(7-11)13(14,15)16/h10-12,17H,4-9H2,1-3H3. The van der Waals surface area contributed by atoms with Gasteiger partial charge in [-0.1, -0.05) is 6.42 Å². The van der Waals surface area contributed by atoms with E-state index >= 15 is 0 Å². The Bertz CT molecular complexity index is 241. The second-order valence-electron chi connectivity index (χ2n) is 5.84. The summed E-state index contributed by atoms with van der Waals surface area (Å²) in [5, 5.41) is 3.35. The van der Waals surface area contributed by atoms with Gasteiger partial charge in [0.25, 0.3) is 0 Å². The van der Waals surface area contributed by atoms with Crippen LogP contribution in [0, 0.1) is 11.8 Å². The molecule has 0 aliphatic heterocycles. The summed E-state index contributed by atoms with van der Waals surface area (Å²) in [6, 6.07) is 0.325. The Hall–Kier alpha value is -0.290. The van der Waals surface area contributed by atoms with Crippen molar-refractivity contribution in [1.82, 2.24) is 10.2 Å². The van der Waals surface area contributed by atoms with Crippen LogP contribution >= 0.6 is 0 Å². The second kappa shape index (κ2) is 6.75. The van der Waals surface area contributed by atoms with E-state index in [4.69, 9.17) is 0 Å². The monoisotopic (exact) mass is 266 g/mol. The lowest BCUT2D eigenvalue weighted by molar-refractivity contribution is -0.185. The Kier molecular flexibility index (Phi) is 5.92. The highest BCUT2D eigenvalue weighted by molar-refractivity contribution is 4.79. The van der Waals surface area contributed by atoms with Crippen molar-refractivity contribution in [3.8, 4) is 0 Å². The van der Waals surface area contributed by atoms with Gasteiger partial charge in [0, 0.05) is 12.6 Å². The molecule has 0 saturated heterocycles. The summed E-state index contributed by atoms with van der Waals surface area (Å²) in [5.74, 6) is -0.905. The molecule has 0 radical (unpaired) electrons. The number of rotatable bonds is 5. The van der Waals surface area contributed by atoms with Crippen molar-refractivity contribution in [3.05, 3.63) is 0 Å². The first kappa shape index (κ1) is 15.8. The summed E-state index contributed by atoms with van der Waals surface area (Å²) in [7, 11) is 4.00. The van der Waals surface area contributed by atoms with Crippen molar-refractivity contribution in [2.24, 2.45) is 11.8 Å². The molecule has 1 rings (SSSR count). The van der Waals surface area contributed by atoms with Crippen LogP contribution in [0.4, 0.5) is 13.2 Å². The molecule has 3 atom stereocenters. The van der Waals surface area contributed by atoms with E-state index in [0.29, 0.717) is 31.8 Å². The van der Waals surface area contributed by atoms with Gasteiger partial charge in [-0.15, -0.1) is 0 Å². The Labute approximate surface area is 108 Å². The van der Waals surface area contributed by atoms with Crippen LogP contribution in [0.15, 0.2) is 0 Å². The third kappa shape index (κ3) is 5.57. The number of hydrogen-bond donors (Lipinski definition) is 1. The average Bonchev–Trinajstić information content (AvgIpc) is 2.25. The molecule has 0 heterocycles. The maximum Gasteiger partial charge on any atom is 0.391 e. The summed E-state index contributed by atoms with van der Waals surface area (Å²) in [4.78, 5) is 2.08. The van der Waals surface area contributed by atoms with E-state index in [1.54, 1.807) is 0 Å². The minimum absolute atomic E-state index is 0.176. The molecule has 0 bridgehead atoms. The van der Waals surface area contributed by atoms with Crippen molar-refractivity contribution in [3.63, 3.8) is 0 Å². The number of halogens is 3. The molecule has 18 heavy (non-hydrogen) atoms. The van der Waals surface area contributed by atoms with Crippen LogP contribution in [0.3, 0.4) is 0 Å². The van der Waals surface area contributed by atoms with Crippen LogP contribution in [0.5, 0.6) is 0 Å². The van der Waals surface area contributed by atoms with Crippen LogP contribution in [-0.4, -0.2) is 44.3 Å². The first-order valence-electron chi connectivity index (χ1n) is 6.74. The molecule has 1 aliphatic rings. The zero-order valence-electron chi connectivity index (χ0n) is 11.6. The second-order valence-corrected chi connectivity index (χ2v) is 5.84. The lowest BCUT2D eigenvalue weighted by Gasteiger charge is -2.31. The predicted octanol–water partition coefficient (Wildman–Crippen LogP) is 2.89. The van der Waals surface area contributed by atoms with E-state index < -0.39 is 12.1 Å². The Morgan fingerprint density at radius 2 is 1.94 bits per heavy atom. The lowest BCUT2D eigenvalue weighted by atomic mass is 9.81. The van der Waals surface area contributed by atoms with Gasteiger partial charge in [0.05, 0.1) is 5.92 Å². The Balaban J connectivity index is 2.30. The smallest absolute Gasteiger partial charge is 0.313 e. The first-order chi connectivity index (χ1) is 8.29. The van der Waals surface area contributed by atoms with E-state index in [1.807, 2.05) is 14.1 Å². The van der Waals surface area contributed by atoms with E-state index in [-0.39, 0.29) is 5.92 Å². The van der Waals surface area contributed by atoms with E-state index in [1.165, 1.54) is 0 Å². The Morgan fingerprint density at radius 1 is 1.28 bits per heavy atom. The van der Waals surface area contributed by atoms with Gasteiger partial charge in [0.2, 0.25) is 0 Å². The van der Waals surface area contributed by atoms with Crippen molar-refractivity contribution in [1.29, 1.82) is 0 Å². The molecule has 0 spiro atoms. The number of alkyl halides is 3. The topological polar surface area (TPSA) is 15.3 Å². The van der Waals surface area contributed by atoms with Gasteiger partial charge in [0.15, 0.2) is 0 Å². The third-order valence-corrected chi connectivity index (χ3v) is 3.64. The summed E-state index contributed by atoms with van der Waals surface area (Å²) in [5.41, 5.74) is 0. The fourth-order valence-electron chi connectivity index (χ4n) is 2.75. The molecule has 0 amide bonds. The number of hydrogen-bond acceptors (Lipinski definition) is 2. The van der Waals surface area contributed by atoms with Crippen LogP contribution in [0.25, 0.3) is 0 Å². The molecular formula is C13H25F3N2. The van der Waals surface area contributed by atoms with Crippen molar-refractivity contribution >= 4 is 0 Å². The molecular weight excluding hydrogens is 241 g/mol. The van der Waals surface area contributed by atoms with Gasteiger partial charge in [0.1, 0.15) is 0 Å². The third-order valence-electron chi connectivity index (χ3n) is 3.64. The number of nitrogens with one attached hydrogen (secondary N) is 1. The molecule has 0 aromatic heterocycles. The van der Waals surface area contributed by atoms with Crippen LogP contribution in [0.2, 0.25) is 0 Å². The molecule has 1 aliphatic carbocycles. The maximum atomic E-state index is 12.7. The lowest BCUT2D eigenvalue weighted by Crippen LogP contribution is -2.40. The zero-order chi connectivity index (χ0) is 13.8. The molecule has 2 nitrogen and oxygen atoms in total. The minimum atomic E-state index is -4.01. The van der Waals surface area contributed by atoms with Crippen LogP contribution in [-0.2, 0) is 0 Å². The Morgan fingerprint density at radius 3 is 2.50 bits per heavy atom. The fourth-order valence-corrected chi connectivity index (χ4v) is 2.75. The maximum absolute atomic E-state index is 12.7. The highest BCUT2D eigenvalue weighted by Crippen LogP contribution is 2.39. The normalized spacial score (nSPS) is 27.5. The summed E-state index contributed by atoms with van der Waals surface area (Å²) in [6.45, 7) is 3.70. The number of nitrogens with zero attached hydrogens (tertiary/aromatic N) is 1. The minimum Gasteiger partial charge on any atom is -0.313 e. The zero-order valence-corrected chi connectivity index (χ0v) is 11.6. The molecule has 1 fully saturated rings. The largest absolute Gasteiger partial charge is 0.391 e. The SMILES string of the molecule is CC(CN(C)C)NCC1CCCC(C(F)(F)F)C1. The molecule has 1 saturated carbocycles. The van der Waals surface area contributed by atoms with Gasteiger partial charge in [-0.25, -0.2) is 0 Å². The van der Waals surface area contributed by atoms with Gasteiger partial charge in [-0.05, 0) is 52.7 Å². The first-order valence-corrected chi connectivity index (χ1v) is 6.74. The van der Waals surface area contributed by atoms with Crippen molar-refractivity contribution in [2.45, 2.75) is 44.8 Å². The summed E-state index contributed by atoms with van der Waals surface area (Å²) < 4.78 is 38.0. The molecule has 1 N–H and O–H groups in total. The molecule has 108 valence electrons. The quantitative estimate of drug-likeness (QED) is 0.823. The molecule has 0 aromatic rings. The highest BCUT2D eigenvalue weighted by atomic mass is 19.4. The van der Waals surface area contributed by atoms with Gasteiger partial charge < -0.3 is 10.2 Å². The molecule has 0 aromatic carbocycles. The fraction of sp³-hybridized carbons (Fsp3) is 1.00. The highest BCUT2D eigenvalue weighted by Gasteiger charge is 2.41. The molecule has 3 unspecified atom stereocenters. The van der Waals surface area contributed by atoms with Crippen molar-refractivity contribution in [2.75, 3.05) is 27.2 Å². The number of likely N-dealkylation sites (N-methyl/N-ethyl adjacent to an activating group) is 1. The van der Waals surface area contributed by atoms with E-state index in [9.17, 15) is 13.2 Å². The van der Waals surface area contributed by atoms with Gasteiger partial charge in [-0.2, -0.15) is 13.2 Å². The summed E-state index contributed by atoms with van der Waals surface area (Å²) >= 11 is 0.